The smallest absolute Gasteiger partial charge is 0.267 e. The summed E-state index contributed by atoms with van der Waals surface area (Å²) in [6.07, 6.45) is 5.25. The molecular formula is C10H11BrN3O+. The molecule has 78 valence electrons. The van der Waals surface area contributed by atoms with Crippen LogP contribution < -0.4 is 4.73 Å². The monoisotopic (exact) mass is 268 g/mol. The quantitative estimate of drug-likeness (QED) is 0.510. The van der Waals surface area contributed by atoms with Gasteiger partial charge in [-0.25, -0.2) is 0 Å². The second kappa shape index (κ2) is 4.02. The number of alkyl halides is 1. The highest BCUT2D eigenvalue weighted by Gasteiger charge is 2.14. The first kappa shape index (κ1) is 10.2. The fourth-order valence-electron chi connectivity index (χ4n) is 1.39. The number of halogens is 1. The Morgan fingerprint density at radius 1 is 1.53 bits per heavy atom. The molecule has 5 heteroatoms. The van der Waals surface area contributed by atoms with E-state index >= 15 is 0 Å². The van der Waals surface area contributed by atoms with E-state index in [2.05, 4.69) is 21.0 Å². The molecular weight excluding hydrogens is 258 g/mol. The van der Waals surface area contributed by atoms with Crippen molar-refractivity contribution in [3.05, 3.63) is 36.3 Å². The Morgan fingerprint density at radius 2 is 2.33 bits per heavy atom. The highest BCUT2D eigenvalue weighted by Crippen LogP contribution is 2.14. The van der Waals surface area contributed by atoms with Crippen molar-refractivity contribution in [1.82, 2.24) is 9.78 Å². The van der Waals surface area contributed by atoms with Gasteiger partial charge in [-0.3, -0.25) is 9.89 Å². The fourth-order valence-corrected chi connectivity index (χ4v) is 1.72. The van der Waals surface area contributed by atoms with Crippen LogP contribution in [0.5, 0.6) is 0 Å². The van der Waals surface area contributed by atoms with Gasteiger partial charge in [-0.1, -0.05) is 15.9 Å². The van der Waals surface area contributed by atoms with Gasteiger partial charge < -0.3 is 0 Å². The topological polar surface area (TPSA) is 41.9 Å². The standard InChI is InChI=1S/C10H11BrN3O/c1-13-7-9(5-12-13)10-3-2-8(4-11)6-14(10)15/h2-3,5-7,15H,4H2,1H3/q+1. The third-order valence-corrected chi connectivity index (χ3v) is 2.79. The maximum atomic E-state index is 9.74. The average Bonchev–Trinajstić information content (AvgIpc) is 2.64. The molecule has 2 heterocycles. The molecule has 0 aliphatic carbocycles. The lowest BCUT2D eigenvalue weighted by atomic mass is 10.2. The minimum atomic E-state index is 0.723. The van der Waals surface area contributed by atoms with Gasteiger partial charge in [-0.2, -0.15) is 5.10 Å². The third kappa shape index (κ3) is 2.02. The summed E-state index contributed by atoms with van der Waals surface area (Å²) in [5, 5.41) is 14.5. The van der Waals surface area contributed by atoms with Crippen molar-refractivity contribution < 1.29 is 9.94 Å². The zero-order valence-corrected chi connectivity index (χ0v) is 9.85. The predicted molar refractivity (Wildman–Crippen MR) is 58.7 cm³/mol. The summed E-state index contributed by atoms with van der Waals surface area (Å²) in [6.45, 7) is 0. The number of pyridine rings is 1. The molecule has 4 nitrogen and oxygen atoms in total. The van der Waals surface area contributed by atoms with Crippen molar-refractivity contribution in [2.75, 3.05) is 0 Å². The van der Waals surface area contributed by atoms with E-state index in [9.17, 15) is 5.21 Å². The van der Waals surface area contributed by atoms with Gasteiger partial charge in [0.05, 0.1) is 11.8 Å². The summed E-state index contributed by atoms with van der Waals surface area (Å²) in [6, 6.07) is 3.83. The first-order valence-corrected chi connectivity index (χ1v) is 5.61. The van der Waals surface area contributed by atoms with E-state index in [1.54, 1.807) is 17.1 Å². The Bertz CT molecular complexity index is 481. The normalized spacial score (nSPS) is 10.5. The minimum absolute atomic E-state index is 0.723. The van der Waals surface area contributed by atoms with Crippen LogP contribution >= 0.6 is 15.9 Å². The predicted octanol–water partition coefficient (Wildman–Crippen LogP) is 1.51. The van der Waals surface area contributed by atoms with Crippen molar-refractivity contribution in [3.63, 3.8) is 0 Å². The molecule has 0 aliphatic rings. The first-order valence-electron chi connectivity index (χ1n) is 4.49. The molecule has 0 aromatic carbocycles. The van der Waals surface area contributed by atoms with E-state index in [1.165, 1.54) is 0 Å². The van der Waals surface area contributed by atoms with E-state index in [0.717, 1.165) is 26.9 Å². The molecule has 2 aromatic heterocycles. The van der Waals surface area contributed by atoms with Gasteiger partial charge in [-0.05, 0) is 6.07 Å². The molecule has 0 fully saturated rings. The maximum Gasteiger partial charge on any atom is 0.267 e. The molecule has 0 saturated carbocycles. The van der Waals surface area contributed by atoms with Gasteiger partial charge in [0.2, 0.25) is 6.20 Å². The zero-order valence-electron chi connectivity index (χ0n) is 8.26. The molecule has 0 bridgehead atoms. The maximum absolute atomic E-state index is 9.74. The molecule has 15 heavy (non-hydrogen) atoms. The van der Waals surface area contributed by atoms with Crippen LogP contribution in [0.4, 0.5) is 0 Å². The van der Waals surface area contributed by atoms with Crippen LogP contribution in [0, 0.1) is 0 Å². The fraction of sp³-hybridized carbons (Fsp3) is 0.200. The van der Waals surface area contributed by atoms with Crippen LogP contribution in [-0.2, 0) is 12.4 Å². The molecule has 0 saturated heterocycles. The van der Waals surface area contributed by atoms with Crippen LogP contribution in [0.3, 0.4) is 0 Å². The van der Waals surface area contributed by atoms with Gasteiger partial charge >= 0.3 is 0 Å². The highest BCUT2D eigenvalue weighted by atomic mass is 79.9. The summed E-state index contributed by atoms with van der Waals surface area (Å²) >= 11 is 3.34. The van der Waals surface area contributed by atoms with E-state index < -0.39 is 0 Å². The lowest BCUT2D eigenvalue weighted by Crippen LogP contribution is -2.32. The molecule has 0 unspecified atom stereocenters. The second-order valence-corrected chi connectivity index (χ2v) is 3.86. The Morgan fingerprint density at radius 3 is 2.87 bits per heavy atom. The SMILES string of the molecule is Cn1cc(-c2ccc(CBr)c[n+]2O)cn1. The molecule has 2 aromatic rings. The average molecular weight is 269 g/mol. The lowest BCUT2D eigenvalue weighted by molar-refractivity contribution is -0.896. The van der Waals surface area contributed by atoms with Gasteiger partial charge in [0, 0.05) is 34.9 Å². The lowest BCUT2D eigenvalue weighted by Gasteiger charge is -1.95. The molecule has 0 aliphatic heterocycles. The van der Waals surface area contributed by atoms with Crippen LogP contribution in [-0.4, -0.2) is 15.0 Å². The van der Waals surface area contributed by atoms with Crippen molar-refractivity contribution in [3.8, 4) is 11.3 Å². The molecule has 0 radical (unpaired) electrons. The van der Waals surface area contributed by atoms with Gasteiger partial charge in [0.25, 0.3) is 5.69 Å². The van der Waals surface area contributed by atoms with Gasteiger partial charge in [0.1, 0.15) is 0 Å². The van der Waals surface area contributed by atoms with Crippen molar-refractivity contribution in [2.45, 2.75) is 5.33 Å². The van der Waals surface area contributed by atoms with Crippen molar-refractivity contribution in [2.24, 2.45) is 7.05 Å². The minimum Gasteiger partial charge on any atom is -0.285 e. The van der Waals surface area contributed by atoms with Crippen LogP contribution in [0.1, 0.15) is 5.56 Å². The van der Waals surface area contributed by atoms with Crippen LogP contribution in [0.2, 0.25) is 0 Å². The van der Waals surface area contributed by atoms with Crippen molar-refractivity contribution >= 4 is 15.9 Å². The third-order valence-electron chi connectivity index (χ3n) is 2.15. The number of hydrogen-bond donors (Lipinski definition) is 1. The summed E-state index contributed by atoms with van der Waals surface area (Å²) in [5.41, 5.74) is 2.64. The zero-order chi connectivity index (χ0) is 10.8. The summed E-state index contributed by atoms with van der Waals surface area (Å²) < 4.78 is 2.82. The molecule has 1 N–H and O–H groups in total. The largest absolute Gasteiger partial charge is 0.285 e. The number of aryl methyl sites for hydroxylation is 1. The molecule has 0 spiro atoms. The first-order chi connectivity index (χ1) is 7.20. The Labute approximate surface area is 95.9 Å². The molecule has 0 atom stereocenters. The van der Waals surface area contributed by atoms with Crippen molar-refractivity contribution in [1.29, 1.82) is 0 Å². The highest BCUT2D eigenvalue weighted by molar-refractivity contribution is 9.08. The number of aromatic nitrogens is 3. The Hall–Kier alpha value is -1.36. The summed E-state index contributed by atoms with van der Waals surface area (Å²) in [7, 11) is 1.85. The molecule has 0 amide bonds. The van der Waals surface area contributed by atoms with Crippen LogP contribution in [0.15, 0.2) is 30.7 Å². The second-order valence-electron chi connectivity index (χ2n) is 3.30. The van der Waals surface area contributed by atoms with Crippen LogP contribution in [0.25, 0.3) is 11.3 Å². The summed E-state index contributed by atoms with van der Waals surface area (Å²) in [4.78, 5) is 0. The number of hydrogen-bond acceptors (Lipinski definition) is 2. The Balaban J connectivity index is 2.45. The van der Waals surface area contributed by atoms with E-state index in [4.69, 9.17) is 0 Å². The van der Waals surface area contributed by atoms with Gasteiger partial charge in [-0.15, -0.1) is 0 Å². The van der Waals surface area contributed by atoms with E-state index in [-0.39, 0.29) is 0 Å². The van der Waals surface area contributed by atoms with Gasteiger partial charge in [0.15, 0.2) is 0 Å². The number of nitrogens with zero attached hydrogens (tertiary/aromatic N) is 3. The molecule has 2 rings (SSSR count). The number of rotatable bonds is 2. The van der Waals surface area contributed by atoms with E-state index in [1.807, 2.05) is 25.4 Å². The van der Waals surface area contributed by atoms with E-state index in [0.29, 0.717) is 0 Å². The summed E-state index contributed by atoms with van der Waals surface area (Å²) in [5.74, 6) is 0. The Kier molecular flexibility index (Phi) is 2.73.